The van der Waals surface area contributed by atoms with Crippen LogP contribution >= 0.6 is 0 Å². The molecule has 1 N–H and O–H groups in total. The number of ether oxygens (including phenoxy) is 2. The molecule has 3 atom stereocenters. The third-order valence-electron chi connectivity index (χ3n) is 6.23. The highest BCUT2D eigenvalue weighted by Gasteiger charge is 2.31. The van der Waals surface area contributed by atoms with Gasteiger partial charge in [-0.05, 0) is 48.6 Å². The summed E-state index contributed by atoms with van der Waals surface area (Å²) in [6.07, 6.45) is -0.253. The molecule has 0 heterocycles. The number of methoxy groups -OCH3 is 2. The Labute approximate surface area is 196 Å². The molecular weight excluding hydrogens is 414 g/mol. The van der Waals surface area contributed by atoms with Crippen molar-refractivity contribution in [3.05, 3.63) is 95.1 Å². The lowest BCUT2D eigenvalue weighted by Crippen LogP contribution is -2.42. The Kier molecular flexibility index (Phi) is 8.12. The van der Waals surface area contributed by atoms with Crippen LogP contribution in [0.15, 0.2) is 72.8 Å². The predicted octanol–water partition coefficient (Wildman–Crippen LogP) is 4.92. The van der Waals surface area contributed by atoms with Gasteiger partial charge in [0.2, 0.25) is 5.91 Å². The Morgan fingerprint density at radius 2 is 1.55 bits per heavy atom. The molecule has 0 unspecified atom stereocenters. The fourth-order valence-electron chi connectivity index (χ4n) is 4.17. The van der Waals surface area contributed by atoms with Crippen LogP contribution < -0.4 is 9.47 Å². The average molecular weight is 448 g/mol. The zero-order valence-electron chi connectivity index (χ0n) is 20.0. The average Bonchev–Trinajstić information content (AvgIpc) is 2.86. The molecule has 5 nitrogen and oxygen atoms in total. The number of carbonyl (C=O) groups is 1. The fourth-order valence-corrected chi connectivity index (χ4v) is 4.17. The normalized spacial score (nSPS) is 13.6. The van der Waals surface area contributed by atoms with Crippen LogP contribution in [0.25, 0.3) is 0 Å². The van der Waals surface area contributed by atoms with Gasteiger partial charge in [-0.3, -0.25) is 4.79 Å². The number of amides is 1. The molecule has 0 spiro atoms. The number of hydrogen-bond acceptors (Lipinski definition) is 4. The van der Waals surface area contributed by atoms with E-state index in [0.29, 0.717) is 17.9 Å². The van der Waals surface area contributed by atoms with E-state index in [1.807, 2.05) is 86.6 Å². The number of benzene rings is 3. The molecule has 0 fully saturated rings. The third-order valence-corrected chi connectivity index (χ3v) is 6.23. The Balaban J connectivity index is 1.97. The Morgan fingerprint density at radius 1 is 0.939 bits per heavy atom. The highest BCUT2D eigenvalue weighted by Crippen LogP contribution is 2.36. The van der Waals surface area contributed by atoms with Crippen molar-refractivity contribution >= 4 is 5.91 Å². The molecule has 3 aromatic rings. The van der Waals surface area contributed by atoms with Gasteiger partial charge in [-0.2, -0.15) is 0 Å². The van der Waals surface area contributed by atoms with Crippen LogP contribution in [-0.4, -0.2) is 43.2 Å². The number of aliphatic hydroxyl groups excluding tert-OH is 1. The summed E-state index contributed by atoms with van der Waals surface area (Å²) in [5.41, 5.74) is 3.60. The highest BCUT2D eigenvalue weighted by atomic mass is 16.5. The molecule has 33 heavy (non-hydrogen) atoms. The van der Waals surface area contributed by atoms with Crippen molar-refractivity contribution in [2.75, 3.05) is 21.3 Å². The summed E-state index contributed by atoms with van der Waals surface area (Å²) >= 11 is 0. The zero-order valence-corrected chi connectivity index (χ0v) is 20.0. The summed E-state index contributed by atoms with van der Waals surface area (Å²) in [5.74, 6) is 0.751. The predicted molar refractivity (Wildman–Crippen MR) is 131 cm³/mol. The van der Waals surface area contributed by atoms with E-state index in [1.165, 1.54) is 0 Å². The first-order valence-corrected chi connectivity index (χ1v) is 11.1. The SMILES string of the molecule is COc1cc([C@H](Cc2ccccc2)C(=O)N(C)[C@@H](C)[C@@H](O)c2ccccc2)cc(C)c1OC. The van der Waals surface area contributed by atoms with E-state index in [-0.39, 0.29) is 5.91 Å². The van der Waals surface area contributed by atoms with Crippen molar-refractivity contribution in [2.24, 2.45) is 0 Å². The van der Waals surface area contributed by atoms with E-state index in [0.717, 1.165) is 22.3 Å². The van der Waals surface area contributed by atoms with E-state index < -0.39 is 18.1 Å². The quantitative estimate of drug-likeness (QED) is 0.506. The van der Waals surface area contributed by atoms with Gasteiger partial charge in [0, 0.05) is 7.05 Å². The maximum atomic E-state index is 13.8. The minimum Gasteiger partial charge on any atom is -0.493 e. The second-order valence-corrected chi connectivity index (χ2v) is 8.36. The van der Waals surface area contributed by atoms with Gasteiger partial charge in [-0.25, -0.2) is 0 Å². The van der Waals surface area contributed by atoms with Crippen molar-refractivity contribution in [3.8, 4) is 11.5 Å². The maximum Gasteiger partial charge on any atom is 0.230 e. The van der Waals surface area contributed by atoms with E-state index in [9.17, 15) is 9.90 Å². The first kappa shape index (κ1) is 24.3. The number of nitrogens with zero attached hydrogens (tertiary/aromatic N) is 1. The monoisotopic (exact) mass is 447 g/mol. The van der Waals surface area contributed by atoms with E-state index in [2.05, 4.69) is 0 Å². The summed E-state index contributed by atoms with van der Waals surface area (Å²) in [7, 11) is 4.96. The summed E-state index contributed by atoms with van der Waals surface area (Å²) in [4.78, 5) is 15.5. The molecule has 0 aromatic heterocycles. The van der Waals surface area contributed by atoms with Crippen LogP contribution in [0.2, 0.25) is 0 Å². The second kappa shape index (κ2) is 11.0. The van der Waals surface area contributed by atoms with Gasteiger partial charge >= 0.3 is 0 Å². The molecule has 0 bridgehead atoms. The smallest absolute Gasteiger partial charge is 0.230 e. The summed E-state index contributed by atoms with van der Waals surface area (Å²) in [6, 6.07) is 22.8. The van der Waals surface area contributed by atoms with Crippen molar-refractivity contribution in [3.63, 3.8) is 0 Å². The largest absolute Gasteiger partial charge is 0.493 e. The molecule has 0 saturated carbocycles. The second-order valence-electron chi connectivity index (χ2n) is 8.36. The van der Waals surface area contributed by atoms with E-state index >= 15 is 0 Å². The molecule has 0 aliphatic carbocycles. The number of likely N-dealkylation sites (N-methyl/N-ethyl adjacent to an activating group) is 1. The summed E-state index contributed by atoms with van der Waals surface area (Å²) in [6.45, 7) is 3.81. The molecule has 174 valence electrons. The highest BCUT2D eigenvalue weighted by molar-refractivity contribution is 5.84. The lowest BCUT2D eigenvalue weighted by atomic mass is 9.88. The molecule has 3 aromatic carbocycles. The first-order valence-electron chi connectivity index (χ1n) is 11.1. The lowest BCUT2D eigenvalue weighted by molar-refractivity contribution is -0.135. The molecule has 0 aliphatic rings. The molecule has 0 saturated heterocycles. The Morgan fingerprint density at radius 3 is 2.12 bits per heavy atom. The molecule has 0 radical (unpaired) electrons. The Bertz CT molecular complexity index is 1050. The van der Waals surface area contributed by atoms with E-state index in [1.54, 1.807) is 26.2 Å². The van der Waals surface area contributed by atoms with Gasteiger partial charge < -0.3 is 19.5 Å². The fraction of sp³-hybridized carbons (Fsp3) is 0.321. The number of aryl methyl sites for hydroxylation is 1. The molecule has 3 rings (SSSR count). The van der Waals surface area contributed by atoms with Crippen LogP contribution in [0.5, 0.6) is 11.5 Å². The number of carbonyl (C=O) groups excluding carboxylic acids is 1. The van der Waals surface area contributed by atoms with Gasteiger partial charge in [0.05, 0.1) is 32.3 Å². The van der Waals surface area contributed by atoms with E-state index in [4.69, 9.17) is 9.47 Å². The number of rotatable bonds is 9. The van der Waals surface area contributed by atoms with Crippen LogP contribution in [0, 0.1) is 6.92 Å². The summed E-state index contributed by atoms with van der Waals surface area (Å²) in [5, 5.41) is 10.9. The third kappa shape index (κ3) is 5.55. The van der Waals surface area contributed by atoms with Crippen molar-refractivity contribution in [1.29, 1.82) is 0 Å². The van der Waals surface area contributed by atoms with Gasteiger partial charge in [0.15, 0.2) is 11.5 Å². The minimum atomic E-state index is -0.787. The molecule has 5 heteroatoms. The van der Waals surface area contributed by atoms with Crippen LogP contribution in [0.1, 0.15) is 41.2 Å². The first-order chi connectivity index (χ1) is 15.9. The van der Waals surface area contributed by atoms with Crippen molar-refractivity contribution in [2.45, 2.75) is 38.3 Å². The molecule has 0 aliphatic heterocycles. The van der Waals surface area contributed by atoms with Crippen LogP contribution in [0.4, 0.5) is 0 Å². The van der Waals surface area contributed by atoms with Gasteiger partial charge in [0.25, 0.3) is 0 Å². The van der Waals surface area contributed by atoms with Gasteiger partial charge in [-0.1, -0.05) is 66.7 Å². The maximum absolute atomic E-state index is 13.8. The Hall–Kier alpha value is -3.31. The van der Waals surface area contributed by atoms with Crippen LogP contribution in [-0.2, 0) is 11.2 Å². The molecule has 1 amide bonds. The lowest BCUT2D eigenvalue weighted by Gasteiger charge is -2.32. The minimum absolute atomic E-state index is 0.0621. The topological polar surface area (TPSA) is 59.0 Å². The van der Waals surface area contributed by atoms with Crippen LogP contribution in [0.3, 0.4) is 0 Å². The zero-order chi connectivity index (χ0) is 24.0. The van der Waals surface area contributed by atoms with Gasteiger partial charge in [0.1, 0.15) is 0 Å². The standard InChI is InChI=1S/C28H33NO4/c1-19-16-23(18-25(32-4)27(19)33-5)24(17-21-12-8-6-9-13-21)28(31)29(3)20(2)26(30)22-14-10-7-11-15-22/h6-16,18,20,24,26,30H,17H2,1-5H3/t20-,24-,26+/m0/s1. The molecular formula is C28H33NO4. The van der Waals surface area contributed by atoms with Crippen molar-refractivity contribution < 1.29 is 19.4 Å². The van der Waals surface area contributed by atoms with Crippen molar-refractivity contribution in [1.82, 2.24) is 4.90 Å². The van der Waals surface area contributed by atoms with Gasteiger partial charge in [-0.15, -0.1) is 0 Å². The summed E-state index contributed by atoms with van der Waals surface area (Å²) < 4.78 is 11.0. The number of hydrogen-bond donors (Lipinski definition) is 1. The number of aliphatic hydroxyl groups is 1.